The molecular formula is C25H21ClN2O3. The molecule has 2 aromatic rings. The van der Waals surface area contributed by atoms with Crippen molar-refractivity contribution in [2.24, 2.45) is 35.5 Å². The van der Waals surface area contributed by atoms with Crippen molar-refractivity contribution in [3.05, 3.63) is 70.8 Å². The zero-order chi connectivity index (χ0) is 21.4. The second-order valence-electron chi connectivity index (χ2n) is 9.13. The summed E-state index contributed by atoms with van der Waals surface area (Å²) in [5.74, 6) is 0.419. The number of hydrogen-bond donors (Lipinski definition) is 1. The molecular weight excluding hydrogens is 412 g/mol. The van der Waals surface area contributed by atoms with Gasteiger partial charge < -0.3 is 5.32 Å². The van der Waals surface area contributed by atoms with Crippen molar-refractivity contribution >= 4 is 40.7 Å². The maximum Gasteiger partial charge on any atom is 0.255 e. The topological polar surface area (TPSA) is 66.5 Å². The van der Waals surface area contributed by atoms with Gasteiger partial charge in [0.2, 0.25) is 11.8 Å². The molecule has 1 saturated heterocycles. The molecule has 2 saturated carbocycles. The van der Waals surface area contributed by atoms with Gasteiger partial charge in [-0.2, -0.15) is 0 Å². The van der Waals surface area contributed by atoms with Gasteiger partial charge in [0.1, 0.15) is 0 Å². The first-order valence-corrected chi connectivity index (χ1v) is 11.1. The minimum atomic E-state index is -0.313. The maximum atomic E-state index is 13.3. The van der Waals surface area contributed by atoms with E-state index in [4.69, 9.17) is 11.6 Å². The summed E-state index contributed by atoms with van der Waals surface area (Å²) in [7, 11) is 0. The van der Waals surface area contributed by atoms with Crippen molar-refractivity contribution in [2.45, 2.75) is 13.3 Å². The van der Waals surface area contributed by atoms with Crippen LogP contribution in [0.25, 0.3) is 0 Å². The lowest BCUT2D eigenvalue weighted by Crippen LogP contribution is -2.40. The van der Waals surface area contributed by atoms with E-state index >= 15 is 0 Å². The van der Waals surface area contributed by atoms with E-state index in [1.807, 2.05) is 13.0 Å². The largest absolute Gasteiger partial charge is 0.322 e. The van der Waals surface area contributed by atoms with Crippen LogP contribution >= 0.6 is 11.6 Å². The summed E-state index contributed by atoms with van der Waals surface area (Å²) >= 11 is 6.05. The average Bonchev–Trinajstić information content (AvgIpc) is 3.54. The van der Waals surface area contributed by atoms with E-state index in [0.29, 0.717) is 33.8 Å². The van der Waals surface area contributed by atoms with Gasteiger partial charge in [0, 0.05) is 16.3 Å². The first kappa shape index (κ1) is 18.8. The lowest BCUT2D eigenvalue weighted by molar-refractivity contribution is -0.124. The molecule has 4 aliphatic carbocycles. The summed E-state index contributed by atoms with van der Waals surface area (Å²) in [5, 5.41) is 3.41. The van der Waals surface area contributed by atoms with Crippen LogP contribution in [-0.4, -0.2) is 17.7 Å². The van der Waals surface area contributed by atoms with Crippen LogP contribution in [0.15, 0.2) is 54.6 Å². The highest BCUT2D eigenvalue weighted by Gasteiger charge is 2.67. The van der Waals surface area contributed by atoms with E-state index in [0.717, 1.165) is 12.0 Å². The highest BCUT2D eigenvalue weighted by Crippen LogP contribution is 2.65. The van der Waals surface area contributed by atoms with Gasteiger partial charge in [0.25, 0.3) is 5.91 Å². The molecule has 31 heavy (non-hydrogen) atoms. The van der Waals surface area contributed by atoms with Crippen LogP contribution in [0.3, 0.4) is 0 Å². The number of hydrogen-bond acceptors (Lipinski definition) is 3. The maximum absolute atomic E-state index is 13.3. The van der Waals surface area contributed by atoms with Crippen LogP contribution in [-0.2, 0) is 9.59 Å². The third kappa shape index (κ3) is 2.72. The summed E-state index contributed by atoms with van der Waals surface area (Å²) < 4.78 is 0. The lowest BCUT2D eigenvalue weighted by atomic mass is 9.63. The highest BCUT2D eigenvalue weighted by molar-refractivity contribution is 6.31. The normalized spacial score (nSPS) is 32.1. The second kappa shape index (κ2) is 6.54. The molecule has 3 fully saturated rings. The van der Waals surface area contributed by atoms with Crippen molar-refractivity contribution in [2.75, 3.05) is 10.2 Å². The summed E-state index contributed by atoms with van der Waals surface area (Å²) in [6.45, 7) is 1.89. The number of allylic oxidation sites excluding steroid dienone is 2. The fourth-order valence-corrected chi connectivity index (χ4v) is 6.09. The van der Waals surface area contributed by atoms with Crippen molar-refractivity contribution in [3.8, 4) is 0 Å². The van der Waals surface area contributed by atoms with Crippen LogP contribution < -0.4 is 10.2 Å². The number of aryl methyl sites for hydroxylation is 1. The van der Waals surface area contributed by atoms with Gasteiger partial charge in [-0.15, -0.1) is 0 Å². The Bertz CT molecular complexity index is 1150. The number of carbonyl (C=O) groups is 3. The van der Waals surface area contributed by atoms with Crippen LogP contribution in [0.5, 0.6) is 0 Å². The molecule has 0 unspecified atom stereocenters. The molecule has 0 aromatic heterocycles. The van der Waals surface area contributed by atoms with E-state index in [2.05, 4.69) is 17.5 Å². The summed E-state index contributed by atoms with van der Waals surface area (Å²) in [6, 6.07) is 12.0. The van der Waals surface area contributed by atoms with Gasteiger partial charge in [0.15, 0.2) is 0 Å². The molecule has 1 aliphatic heterocycles. The lowest BCUT2D eigenvalue weighted by Gasteiger charge is -2.37. The molecule has 6 atom stereocenters. The molecule has 7 rings (SSSR count). The van der Waals surface area contributed by atoms with E-state index in [1.54, 1.807) is 36.4 Å². The Morgan fingerprint density at radius 3 is 2.35 bits per heavy atom. The van der Waals surface area contributed by atoms with E-state index < -0.39 is 0 Å². The van der Waals surface area contributed by atoms with Gasteiger partial charge in [-0.05, 0) is 72.9 Å². The number of benzene rings is 2. The van der Waals surface area contributed by atoms with Crippen molar-refractivity contribution < 1.29 is 14.4 Å². The number of rotatable bonds is 3. The fraction of sp³-hybridized carbons (Fsp3) is 0.320. The van der Waals surface area contributed by atoms with Gasteiger partial charge >= 0.3 is 0 Å². The molecule has 1 heterocycles. The Morgan fingerprint density at radius 1 is 1.00 bits per heavy atom. The Kier molecular flexibility index (Phi) is 3.97. The summed E-state index contributed by atoms with van der Waals surface area (Å²) in [4.78, 5) is 40.8. The Hall–Kier alpha value is -2.92. The zero-order valence-electron chi connectivity index (χ0n) is 16.9. The number of imide groups is 1. The molecule has 6 heteroatoms. The number of anilines is 2. The molecule has 2 bridgehead atoms. The smallest absolute Gasteiger partial charge is 0.255 e. The predicted molar refractivity (Wildman–Crippen MR) is 118 cm³/mol. The van der Waals surface area contributed by atoms with Gasteiger partial charge in [-0.25, -0.2) is 4.90 Å². The molecule has 3 amide bonds. The summed E-state index contributed by atoms with van der Waals surface area (Å²) in [5.41, 5.74) is 2.37. The number of amides is 3. The first-order chi connectivity index (χ1) is 14.9. The molecule has 5 aliphatic rings. The Labute approximate surface area is 185 Å². The molecule has 0 spiro atoms. The number of nitrogens with one attached hydrogen (secondary N) is 1. The molecule has 0 radical (unpaired) electrons. The SMILES string of the molecule is Cc1ccc(Cl)cc1NC(=O)c1cccc(N2C(=O)[C@@H]3[C@H]4C=C[C@@H]([C@@H]5C[C@@H]45)[C@H]3C2=O)c1. The van der Waals surface area contributed by atoms with Crippen LogP contribution in [0.2, 0.25) is 5.02 Å². The highest BCUT2D eigenvalue weighted by atomic mass is 35.5. The average molecular weight is 433 g/mol. The monoisotopic (exact) mass is 432 g/mol. The number of carbonyl (C=O) groups excluding carboxylic acids is 3. The minimum absolute atomic E-state index is 0.122. The Balaban J connectivity index is 1.29. The van der Waals surface area contributed by atoms with Gasteiger partial charge in [-0.1, -0.05) is 35.9 Å². The number of halogens is 1. The van der Waals surface area contributed by atoms with E-state index in [-0.39, 0.29) is 41.4 Å². The van der Waals surface area contributed by atoms with E-state index in [9.17, 15) is 14.4 Å². The van der Waals surface area contributed by atoms with Crippen LogP contribution in [0.1, 0.15) is 22.3 Å². The second-order valence-corrected chi connectivity index (χ2v) is 9.57. The van der Waals surface area contributed by atoms with Gasteiger partial charge in [0.05, 0.1) is 17.5 Å². The van der Waals surface area contributed by atoms with Crippen LogP contribution in [0.4, 0.5) is 11.4 Å². The zero-order valence-corrected chi connectivity index (χ0v) is 17.7. The third-order valence-corrected chi connectivity index (χ3v) is 7.71. The van der Waals surface area contributed by atoms with Crippen LogP contribution in [0, 0.1) is 42.4 Å². The first-order valence-electron chi connectivity index (χ1n) is 10.7. The number of nitrogens with zero attached hydrogens (tertiary/aromatic N) is 1. The molecule has 2 aromatic carbocycles. The van der Waals surface area contributed by atoms with E-state index in [1.165, 1.54) is 4.90 Å². The van der Waals surface area contributed by atoms with Crippen molar-refractivity contribution in [3.63, 3.8) is 0 Å². The minimum Gasteiger partial charge on any atom is -0.322 e. The van der Waals surface area contributed by atoms with Gasteiger partial charge in [-0.3, -0.25) is 14.4 Å². The molecule has 1 N–H and O–H groups in total. The van der Waals surface area contributed by atoms with Crippen molar-refractivity contribution in [1.82, 2.24) is 0 Å². The standard InChI is InChI=1S/C25H21ClN2O3/c1-12-5-6-14(26)10-20(12)27-23(29)13-3-2-4-15(9-13)28-24(30)21-16-7-8-17(19-11-18(16)19)22(21)25(28)31/h2-10,16-19,21-22H,11H2,1H3,(H,27,29)/t16-,17-,18-,19-,21+,22+/m0/s1. The fourth-order valence-electron chi connectivity index (χ4n) is 5.92. The quantitative estimate of drug-likeness (QED) is 0.575. The molecule has 5 nitrogen and oxygen atoms in total. The predicted octanol–water partition coefficient (Wildman–Crippen LogP) is 4.46. The molecule has 156 valence electrons. The third-order valence-electron chi connectivity index (χ3n) is 7.48. The summed E-state index contributed by atoms with van der Waals surface area (Å²) in [6.07, 6.45) is 5.45. The van der Waals surface area contributed by atoms with Crippen molar-refractivity contribution in [1.29, 1.82) is 0 Å². The Morgan fingerprint density at radius 2 is 1.68 bits per heavy atom.